The Hall–Kier alpha value is -10.5. The summed E-state index contributed by atoms with van der Waals surface area (Å²) in [4.78, 5) is 76.1. The number of nitrogens with zero attached hydrogens (tertiary/aromatic N) is 16. The minimum absolute atomic E-state index is 0.00328. The number of unbranched alkanes of at least 4 members (excludes halogenated alkanes) is 2. The summed E-state index contributed by atoms with van der Waals surface area (Å²) in [6.07, 6.45) is 23.3. The number of aryl methyl sites for hydroxylation is 3. The zero-order chi connectivity index (χ0) is 97.4. The summed E-state index contributed by atoms with van der Waals surface area (Å²) in [5.74, 6) is 1.19. The van der Waals surface area contributed by atoms with Gasteiger partial charge < -0.3 is 54.9 Å². The molecule has 10 aromatic rings. The number of esters is 3. The fourth-order valence-electron chi connectivity index (χ4n) is 19.6. The van der Waals surface area contributed by atoms with E-state index in [1.807, 2.05) is 153 Å². The highest BCUT2D eigenvalue weighted by Gasteiger charge is 2.52. The lowest BCUT2D eigenvalue weighted by atomic mass is 9.78. The van der Waals surface area contributed by atoms with E-state index >= 15 is 0 Å². The highest BCUT2D eigenvalue weighted by Crippen LogP contribution is 2.47. The van der Waals surface area contributed by atoms with Gasteiger partial charge in [-0.1, -0.05) is 182 Å². The quantitative estimate of drug-likeness (QED) is 0.0122. The van der Waals surface area contributed by atoms with E-state index in [1.54, 1.807) is 18.2 Å². The number of ether oxygens (including phenoxy) is 3. The number of aliphatic hydroxyl groups is 2. The van der Waals surface area contributed by atoms with Crippen LogP contribution in [-0.4, -0.2) is 213 Å². The molecule has 2 saturated heterocycles. The number of aromatic hydroxyl groups is 3. The summed E-state index contributed by atoms with van der Waals surface area (Å²) >= 11 is 0. The van der Waals surface area contributed by atoms with Gasteiger partial charge in [0.05, 0.1) is 18.8 Å². The summed E-state index contributed by atoms with van der Waals surface area (Å²) in [6, 6.07) is 34.0. The number of carbonyl (C=O) groups is 3. The molecule has 2 saturated carbocycles. The fourth-order valence-corrected chi connectivity index (χ4v) is 19.6. The first kappa shape index (κ1) is 103. The number of aliphatic hydroxyl groups excluding tert-OH is 2. The Labute approximate surface area is 797 Å². The largest absolute Gasteiger partial charge is 0.505 e. The molecule has 734 valence electrons. The number of benzene rings is 6. The number of hydrogen-bond acceptors (Lipinski definition) is 27. The first-order valence-electron chi connectivity index (χ1n) is 49.3. The van der Waals surface area contributed by atoms with E-state index in [2.05, 4.69) is 125 Å². The van der Waals surface area contributed by atoms with Crippen molar-refractivity contribution in [2.75, 3.05) is 67.8 Å². The number of hydroxylamine groups is 4. The molecule has 6 heterocycles. The van der Waals surface area contributed by atoms with Crippen molar-refractivity contribution in [3.63, 3.8) is 0 Å². The molecule has 4 aliphatic rings. The van der Waals surface area contributed by atoms with Crippen LogP contribution in [0.5, 0.6) is 17.2 Å². The molecular formula is C105H151N17O13. The fraction of sp³-hybridized carbons (Fsp3) is 0.600. The van der Waals surface area contributed by atoms with Crippen LogP contribution in [0.2, 0.25) is 0 Å². The third-order valence-corrected chi connectivity index (χ3v) is 26.1. The van der Waals surface area contributed by atoms with Crippen molar-refractivity contribution < 1.29 is 63.8 Å². The van der Waals surface area contributed by atoms with Crippen molar-refractivity contribution in [2.24, 2.45) is 0 Å². The van der Waals surface area contributed by atoms with Crippen molar-refractivity contribution in [1.29, 1.82) is 0 Å². The number of anilines is 3. The average molecular weight is 1860 g/mol. The van der Waals surface area contributed by atoms with E-state index < -0.39 is 11.9 Å². The molecule has 14 rings (SSSR count). The van der Waals surface area contributed by atoms with Crippen LogP contribution in [0, 0.1) is 0 Å². The number of carbonyl (C=O) groups excluding carboxylic acids is 3. The second kappa shape index (κ2) is 45.2. The summed E-state index contributed by atoms with van der Waals surface area (Å²) in [6.45, 7) is 43.7. The van der Waals surface area contributed by atoms with Gasteiger partial charge in [0, 0.05) is 96.4 Å². The predicted molar refractivity (Wildman–Crippen MR) is 529 cm³/mol. The smallest absolute Gasteiger partial charge is 0.306 e. The standard InChI is InChI=1S/C44H82N8O3.C40H44N6O6.C21H25N3O4/c1-11-13-27-49(34-30-41(3,4)51(42(5,6)31-34)54-36-22-17-15-18-23-36)39-46-38(45-26-21-29-53)47-40(48-39)50(28-14-12-2)35-32-43(7,8)52(44(9,10)33-35)55-37-24-19-16-20-25-37;1-39(2,3)27-21-25(23-33(37(27)49)45-41-29-11-7-8-12-30(29)42-45)15-17-35(47)51-19-20-52-36(48)18-16-26-22-28(40(4,5)6)38(50)34(24-26)46-43-31-13-9-10-14-32(31)44-46;1-21(2,3)15-12-14(8-9-19(26)28-11-10-25)13-18(20(15)27)24-22-16-6-4-5-7-17(16)23-24/h34-37,53H,11-33H2,1-10H3,(H,45,46,47,48);7-14,21-24,49-50H,15-20H2,1-6H3;4-7,12-13,25,27H,8-11H2,1-3H3. The highest BCUT2D eigenvalue weighted by atomic mass is 16.7. The summed E-state index contributed by atoms with van der Waals surface area (Å²) in [7, 11) is 0. The molecule has 0 unspecified atom stereocenters. The van der Waals surface area contributed by atoms with Crippen molar-refractivity contribution in [1.82, 2.24) is 70.1 Å². The van der Waals surface area contributed by atoms with Crippen LogP contribution in [0.15, 0.2) is 109 Å². The second-order valence-corrected chi connectivity index (χ2v) is 42.7. The van der Waals surface area contributed by atoms with Crippen molar-refractivity contribution >= 4 is 68.9 Å². The number of rotatable bonds is 35. The molecule has 6 aromatic carbocycles. The first-order valence-corrected chi connectivity index (χ1v) is 49.3. The van der Waals surface area contributed by atoms with Crippen LogP contribution in [0.1, 0.15) is 306 Å². The monoisotopic (exact) mass is 1860 g/mol. The van der Waals surface area contributed by atoms with Gasteiger partial charge in [0.1, 0.15) is 87.2 Å². The number of nitrogens with one attached hydrogen (secondary N) is 1. The molecule has 6 N–H and O–H groups in total. The van der Waals surface area contributed by atoms with Crippen molar-refractivity contribution in [3.05, 3.63) is 143 Å². The minimum atomic E-state index is -0.433. The maximum Gasteiger partial charge on any atom is 0.306 e. The zero-order valence-corrected chi connectivity index (χ0v) is 83.7. The van der Waals surface area contributed by atoms with Gasteiger partial charge in [-0.25, -0.2) is 0 Å². The van der Waals surface area contributed by atoms with Gasteiger partial charge in [-0.05, 0) is 233 Å². The Morgan fingerprint density at radius 3 is 0.985 bits per heavy atom. The van der Waals surface area contributed by atoms with Gasteiger partial charge in [-0.2, -0.15) is 25.1 Å². The van der Waals surface area contributed by atoms with E-state index in [0.29, 0.717) is 101 Å². The Kier molecular flexibility index (Phi) is 34.6. The van der Waals surface area contributed by atoms with Gasteiger partial charge in [-0.15, -0.1) is 45.0 Å². The minimum Gasteiger partial charge on any atom is -0.505 e. The van der Waals surface area contributed by atoms with Crippen LogP contribution in [0.4, 0.5) is 17.8 Å². The van der Waals surface area contributed by atoms with Gasteiger partial charge >= 0.3 is 17.9 Å². The lowest BCUT2D eigenvalue weighted by Gasteiger charge is -2.57. The van der Waals surface area contributed by atoms with E-state index in [4.69, 9.17) is 43.9 Å². The van der Waals surface area contributed by atoms with Crippen LogP contribution in [0.3, 0.4) is 0 Å². The topological polar surface area (TPSA) is 354 Å². The zero-order valence-electron chi connectivity index (χ0n) is 83.7. The number of aromatic nitrogens is 12. The van der Waals surface area contributed by atoms with Crippen LogP contribution < -0.4 is 15.1 Å². The van der Waals surface area contributed by atoms with E-state index in [-0.39, 0.29) is 126 Å². The Balaban J connectivity index is 0.000000191. The molecule has 0 radical (unpaired) electrons. The molecule has 4 aromatic heterocycles. The number of fused-ring (bicyclic) bond motifs is 3. The maximum absolute atomic E-state index is 12.7. The lowest BCUT2D eigenvalue weighted by molar-refractivity contribution is -0.310. The maximum atomic E-state index is 12.7. The average Bonchev–Trinajstić information content (AvgIpc) is 1.58. The third kappa shape index (κ3) is 27.1. The molecule has 0 spiro atoms. The molecule has 4 fully saturated rings. The molecule has 135 heavy (non-hydrogen) atoms. The molecule has 0 atom stereocenters. The summed E-state index contributed by atoms with van der Waals surface area (Å²) in [5.41, 5.74) is 8.62. The highest BCUT2D eigenvalue weighted by molar-refractivity contribution is 5.77. The van der Waals surface area contributed by atoms with Crippen LogP contribution in [-0.2, 0) is 73.8 Å². The van der Waals surface area contributed by atoms with Crippen molar-refractivity contribution in [3.8, 4) is 34.3 Å². The summed E-state index contributed by atoms with van der Waals surface area (Å²) < 4.78 is 15.7. The van der Waals surface area contributed by atoms with Gasteiger partial charge in [0.25, 0.3) is 0 Å². The summed E-state index contributed by atoms with van der Waals surface area (Å²) in [5, 5.41) is 87.0. The normalized spacial score (nSPS) is 16.9. The Bertz CT molecular complexity index is 5210. The Morgan fingerprint density at radius 1 is 0.415 bits per heavy atom. The number of piperidine rings is 2. The lowest BCUT2D eigenvalue weighted by Crippen LogP contribution is -2.65. The SMILES string of the molecule is CC(C)(C)c1cc(CCC(=O)OCCO)cc(-n2nc3ccccc3n2)c1O.CC(C)(C)c1cc(CCC(=O)OCCOC(=O)CCc2cc(-n3nc4ccccc4n3)c(O)c(C(C)(C)C)c2)cc(-n2nc3ccccc3n2)c1O.CCCCN(c1nc(NCCCO)nc(N(CCCC)C2CC(C)(C)N(OC3CCCCC3)C(C)(C)C2)n1)C1CC(C)(C)N(OC2CCCCC2)C(C)(C)C1. The molecule has 30 heteroatoms. The number of phenolic OH excluding ortho intramolecular Hbond substituents is 3. The number of hydrogen-bond donors (Lipinski definition) is 6. The number of phenols is 3. The third-order valence-electron chi connectivity index (χ3n) is 26.1. The molecule has 0 amide bonds. The van der Waals surface area contributed by atoms with Gasteiger partial charge in [0.15, 0.2) is 0 Å². The molecular weight excluding hydrogens is 1710 g/mol. The predicted octanol–water partition coefficient (Wildman–Crippen LogP) is 19.2. The van der Waals surface area contributed by atoms with Gasteiger partial charge in [0.2, 0.25) is 17.8 Å². The van der Waals surface area contributed by atoms with Gasteiger partial charge in [-0.3, -0.25) is 24.1 Å². The van der Waals surface area contributed by atoms with E-state index in [0.717, 1.165) is 135 Å². The second-order valence-electron chi connectivity index (χ2n) is 42.7. The molecule has 2 aliphatic heterocycles. The van der Waals surface area contributed by atoms with E-state index in [1.165, 1.54) is 52.9 Å². The molecule has 2 aliphatic carbocycles. The first-order chi connectivity index (χ1) is 64.1. The van der Waals surface area contributed by atoms with Crippen molar-refractivity contribution in [2.45, 2.75) is 355 Å². The van der Waals surface area contributed by atoms with Crippen LogP contribution >= 0.6 is 0 Å². The Morgan fingerprint density at radius 2 is 0.711 bits per heavy atom. The molecule has 0 bridgehead atoms. The van der Waals surface area contributed by atoms with E-state index in [9.17, 15) is 34.8 Å². The van der Waals surface area contributed by atoms with Crippen LogP contribution in [0.25, 0.3) is 50.2 Å². The molecule has 30 nitrogen and oxygen atoms in total.